The minimum absolute atomic E-state index is 0.534. The Kier molecular flexibility index (Phi) is 3.04. The van der Waals surface area contributed by atoms with Gasteiger partial charge in [0.1, 0.15) is 6.33 Å². The van der Waals surface area contributed by atoms with Crippen molar-refractivity contribution in [2.24, 2.45) is 0 Å². The first kappa shape index (κ1) is 8.99. The first-order valence-electron chi connectivity index (χ1n) is 3.33. The van der Waals surface area contributed by atoms with Crippen LogP contribution in [-0.4, -0.2) is 16.5 Å². The molecule has 1 rings (SSSR count). The Morgan fingerprint density at radius 1 is 1.75 bits per heavy atom. The summed E-state index contributed by atoms with van der Waals surface area (Å²) in [5, 5.41) is 2.99. The first-order chi connectivity index (χ1) is 5.70. The smallest absolute Gasteiger partial charge is 0.152 e. The van der Waals surface area contributed by atoms with Crippen LogP contribution < -0.4 is 11.1 Å². The molecule has 1 aromatic heterocycles. The van der Waals surface area contributed by atoms with Crippen LogP contribution in [-0.2, 0) is 0 Å². The largest absolute Gasteiger partial charge is 0.394 e. The Bertz CT molecular complexity index is 286. The van der Waals surface area contributed by atoms with Gasteiger partial charge in [-0.15, -0.1) is 0 Å². The fourth-order valence-electron chi connectivity index (χ4n) is 0.668. The van der Waals surface area contributed by atoms with Crippen molar-refractivity contribution in [1.82, 2.24) is 9.97 Å². The van der Waals surface area contributed by atoms with E-state index in [2.05, 4.69) is 37.8 Å². The van der Waals surface area contributed by atoms with E-state index < -0.39 is 0 Å². The van der Waals surface area contributed by atoms with E-state index in [0.717, 1.165) is 4.48 Å². The van der Waals surface area contributed by atoms with E-state index in [-0.39, 0.29) is 0 Å². The molecule has 0 spiro atoms. The zero-order valence-corrected chi connectivity index (χ0v) is 8.00. The van der Waals surface area contributed by atoms with Gasteiger partial charge in [-0.25, -0.2) is 9.97 Å². The molecule has 4 nitrogen and oxygen atoms in total. The standard InChI is InChI=1S/C7H9BrN4/c1-5(8)2-11-7-6(9)3-10-4-12-7/h3-4H,1-2,9H2,(H,10,11,12). The first-order valence-corrected chi connectivity index (χ1v) is 4.12. The van der Waals surface area contributed by atoms with Crippen molar-refractivity contribution in [3.63, 3.8) is 0 Å². The second-order valence-corrected chi connectivity index (χ2v) is 3.32. The van der Waals surface area contributed by atoms with Crippen LogP contribution >= 0.6 is 15.9 Å². The molecule has 0 saturated heterocycles. The van der Waals surface area contributed by atoms with E-state index >= 15 is 0 Å². The van der Waals surface area contributed by atoms with E-state index in [1.54, 1.807) is 6.20 Å². The Hall–Kier alpha value is -1.10. The minimum atomic E-state index is 0.534. The zero-order chi connectivity index (χ0) is 8.97. The molecule has 0 aliphatic heterocycles. The molecule has 12 heavy (non-hydrogen) atoms. The summed E-state index contributed by atoms with van der Waals surface area (Å²) in [5.74, 6) is 0.630. The number of nitrogens with two attached hydrogens (primary N) is 1. The summed E-state index contributed by atoms with van der Waals surface area (Å²) in [6, 6.07) is 0. The van der Waals surface area contributed by atoms with Gasteiger partial charge in [0, 0.05) is 11.0 Å². The lowest BCUT2D eigenvalue weighted by atomic mass is 10.5. The van der Waals surface area contributed by atoms with Crippen LogP contribution in [0.2, 0.25) is 0 Å². The van der Waals surface area contributed by atoms with Crippen molar-refractivity contribution in [1.29, 1.82) is 0 Å². The average Bonchev–Trinajstić information content (AvgIpc) is 2.03. The topological polar surface area (TPSA) is 63.8 Å². The summed E-state index contributed by atoms with van der Waals surface area (Å²) in [6.07, 6.45) is 2.99. The van der Waals surface area contributed by atoms with Gasteiger partial charge in [0.2, 0.25) is 0 Å². The van der Waals surface area contributed by atoms with Gasteiger partial charge < -0.3 is 11.1 Å². The summed E-state index contributed by atoms with van der Waals surface area (Å²) in [6.45, 7) is 4.27. The summed E-state index contributed by atoms with van der Waals surface area (Å²) in [5.41, 5.74) is 6.11. The predicted octanol–water partition coefficient (Wildman–Crippen LogP) is 1.38. The summed E-state index contributed by atoms with van der Waals surface area (Å²) in [4.78, 5) is 7.70. The van der Waals surface area contributed by atoms with Crippen LogP contribution in [0, 0.1) is 0 Å². The fraction of sp³-hybridized carbons (Fsp3) is 0.143. The quantitative estimate of drug-likeness (QED) is 0.821. The van der Waals surface area contributed by atoms with Gasteiger partial charge in [0.25, 0.3) is 0 Å². The number of halogens is 1. The number of nitrogens with zero attached hydrogens (tertiary/aromatic N) is 2. The van der Waals surface area contributed by atoms with E-state index in [9.17, 15) is 0 Å². The molecule has 0 saturated carbocycles. The normalized spacial score (nSPS) is 9.42. The second-order valence-electron chi connectivity index (χ2n) is 2.20. The van der Waals surface area contributed by atoms with Crippen LogP contribution in [0.5, 0.6) is 0 Å². The molecule has 64 valence electrons. The zero-order valence-electron chi connectivity index (χ0n) is 6.42. The van der Waals surface area contributed by atoms with Crippen LogP contribution in [0.25, 0.3) is 0 Å². The van der Waals surface area contributed by atoms with E-state index in [1.807, 2.05) is 0 Å². The molecule has 0 fully saturated rings. The van der Waals surface area contributed by atoms with Gasteiger partial charge in [-0.2, -0.15) is 0 Å². The fourth-order valence-corrected chi connectivity index (χ4v) is 0.808. The summed E-state index contributed by atoms with van der Waals surface area (Å²) < 4.78 is 0.848. The molecule has 0 aliphatic rings. The number of nitrogen functional groups attached to an aromatic ring is 1. The number of nitrogens with one attached hydrogen (secondary N) is 1. The molecular weight excluding hydrogens is 220 g/mol. The van der Waals surface area contributed by atoms with Crippen molar-refractivity contribution < 1.29 is 0 Å². The molecule has 1 heterocycles. The maximum Gasteiger partial charge on any atom is 0.152 e. The van der Waals surface area contributed by atoms with E-state index in [4.69, 9.17) is 5.73 Å². The van der Waals surface area contributed by atoms with Crippen molar-refractivity contribution in [2.75, 3.05) is 17.6 Å². The molecule has 3 N–H and O–H groups in total. The van der Waals surface area contributed by atoms with Gasteiger partial charge in [-0.1, -0.05) is 22.5 Å². The van der Waals surface area contributed by atoms with E-state index in [0.29, 0.717) is 18.1 Å². The van der Waals surface area contributed by atoms with Crippen molar-refractivity contribution in [2.45, 2.75) is 0 Å². The number of hydrogen-bond acceptors (Lipinski definition) is 4. The highest BCUT2D eigenvalue weighted by Gasteiger charge is 1.97. The maximum atomic E-state index is 5.57. The SMILES string of the molecule is C=C(Br)CNc1ncncc1N. The molecule has 0 aromatic carbocycles. The third-order valence-electron chi connectivity index (χ3n) is 1.19. The van der Waals surface area contributed by atoms with Gasteiger partial charge >= 0.3 is 0 Å². The van der Waals surface area contributed by atoms with Gasteiger partial charge in [0.05, 0.1) is 11.9 Å². The highest BCUT2D eigenvalue weighted by atomic mass is 79.9. The number of rotatable bonds is 3. The average molecular weight is 229 g/mol. The summed E-state index contributed by atoms with van der Waals surface area (Å²) >= 11 is 3.22. The third kappa shape index (κ3) is 2.50. The van der Waals surface area contributed by atoms with Gasteiger partial charge in [-0.05, 0) is 0 Å². The highest BCUT2D eigenvalue weighted by Crippen LogP contribution is 2.12. The van der Waals surface area contributed by atoms with Crippen LogP contribution in [0.15, 0.2) is 23.6 Å². The molecule has 0 radical (unpaired) electrons. The molecule has 0 unspecified atom stereocenters. The molecular formula is C7H9BrN4. The third-order valence-corrected chi connectivity index (χ3v) is 1.47. The number of aromatic nitrogens is 2. The van der Waals surface area contributed by atoms with Gasteiger partial charge in [-0.3, -0.25) is 0 Å². The summed E-state index contributed by atoms with van der Waals surface area (Å²) in [7, 11) is 0. The number of anilines is 2. The van der Waals surface area contributed by atoms with Crippen LogP contribution in [0.4, 0.5) is 11.5 Å². The second kappa shape index (κ2) is 4.06. The van der Waals surface area contributed by atoms with Crippen LogP contribution in [0.3, 0.4) is 0 Å². The highest BCUT2D eigenvalue weighted by molar-refractivity contribution is 9.11. The van der Waals surface area contributed by atoms with Crippen molar-refractivity contribution >= 4 is 27.4 Å². The van der Waals surface area contributed by atoms with Crippen molar-refractivity contribution in [3.8, 4) is 0 Å². The lowest BCUT2D eigenvalue weighted by Crippen LogP contribution is -2.05. The predicted molar refractivity (Wildman–Crippen MR) is 53.0 cm³/mol. The Morgan fingerprint density at radius 3 is 3.08 bits per heavy atom. The molecule has 5 heteroatoms. The van der Waals surface area contributed by atoms with Gasteiger partial charge in [0.15, 0.2) is 5.82 Å². The molecule has 0 amide bonds. The lowest BCUT2D eigenvalue weighted by molar-refractivity contribution is 1.14. The molecule has 0 atom stereocenters. The minimum Gasteiger partial charge on any atom is -0.394 e. The Labute approximate surface area is 79.0 Å². The molecule has 1 aromatic rings. The van der Waals surface area contributed by atoms with E-state index in [1.165, 1.54) is 6.33 Å². The molecule has 0 bridgehead atoms. The Morgan fingerprint density at radius 2 is 2.50 bits per heavy atom. The monoisotopic (exact) mass is 228 g/mol. The Balaban J connectivity index is 2.63. The number of hydrogen-bond donors (Lipinski definition) is 2. The lowest BCUT2D eigenvalue weighted by Gasteiger charge is -2.05. The van der Waals surface area contributed by atoms with Crippen LogP contribution in [0.1, 0.15) is 0 Å². The van der Waals surface area contributed by atoms with Crippen molar-refractivity contribution in [3.05, 3.63) is 23.6 Å². The molecule has 0 aliphatic carbocycles. The maximum absolute atomic E-state index is 5.57.